The molecular formula is C16H16N4O. The van der Waals surface area contributed by atoms with Crippen LogP contribution in [0.5, 0.6) is 5.75 Å². The third-order valence-corrected chi connectivity index (χ3v) is 3.29. The van der Waals surface area contributed by atoms with Gasteiger partial charge in [-0.1, -0.05) is 12.1 Å². The molecule has 3 aromatic rings. The molecule has 0 bridgehead atoms. The molecule has 1 atom stereocenters. The minimum Gasteiger partial charge on any atom is -0.508 e. The van der Waals surface area contributed by atoms with Crippen molar-refractivity contribution in [3.8, 4) is 11.6 Å². The lowest BCUT2D eigenvalue weighted by Crippen LogP contribution is -2.07. The van der Waals surface area contributed by atoms with Crippen LogP contribution >= 0.6 is 0 Å². The summed E-state index contributed by atoms with van der Waals surface area (Å²) in [5, 5.41) is 12.7. The van der Waals surface area contributed by atoms with Gasteiger partial charge in [0.05, 0.1) is 11.9 Å². The van der Waals surface area contributed by atoms with Crippen LogP contribution in [0.25, 0.3) is 5.82 Å². The van der Waals surface area contributed by atoms with E-state index in [0.717, 1.165) is 17.1 Å². The number of nitrogens with one attached hydrogen (secondary N) is 1. The Morgan fingerprint density at radius 3 is 2.57 bits per heavy atom. The van der Waals surface area contributed by atoms with Crippen molar-refractivity contribution in [2.45, 2.75) is 13.0 Å². The SMILES string of the molecule is CC(Nc1ccc(-n2ccnc2)nc1)c1ccc(O)cc1. The Morgan fingerprint density at radius 2 is 1.95 bits per heavy atom. The first-order valence-corrected chi connectivity index (χ1v) is 6.72. The van der Waals surface area contributed by atoms with Crippen LogP contribution in [0.3, 0.4) is 0 Å². The normalized spacial score (nSPS) is 12.0. The van der Waals surface area contributed by atoms with E-state index in [1.807, 2.05) is 35.0 Å². The second-order valence-corrected chi connectivity index (χ2v) is 4.83. The molecular weight excluding hydrogens is 264 g/mol. The van der Waals surface area contributed by atoms with Crippen molar-refractivity contribution < 1.29 is 5.11 Å². The maximum Gasteiger partial charge on any atom is 0.137 e. The van der Waals surface area contributed by atoms with E-state index >= 15 is 0 Å². The fraction of sp³-hybridized carbons (Fsp3) is 0.125. The number of imidazole rings is 1. The van der Waals surface area contributed by atoms with Crippen LogP contribution in [0.1, 0.15) is 18.5 Å². The van der Waals surface area contributed by atoms with E-state index in [9.17, 15) is 5.11 Å². The smallest absolute Gasteiger partial charge is 0.137 e. The molecule has 3 rings (SSSR count). The van der Waals surface area contributed by atoms with E-state index in [0.29, 0.717) is 0 Å². The highest BCUT2D eigenvalue weighted by atomic mass is 16.3. The number of phenols is 1. The molecule has 21 heavy (non-hydrogen) atoms. The number of benzene rings is 1. The molecule has 0 spiro atoms. The molecule has 2 heterocycles. The summed E-state index contributed by atoms with van der Waals surface area (Å²) in [7, 11) is 0. The van der Waals surface area contributed by atoms with Crippen molar-refractivity contribution in [3.63, 3.8) is 0 Å². The molecule has 0 fully saturated rings. The minimum atomic E-state index is 0.131. The molecule has 1 unspecified atom stereocenters. The maximum absolute atomic E-state index is 9.31. The first-order valence-electron chi connectivity index (χ1n) is 6.72. The number of aromatic nitrogens is 3. The molecule has 106 valence electrons. The second kappa shape index (κ2) is 5.66. The van der Waals surface area contributed by atoms with Crippen LogP contribution in [0, 0.1) is 0 Å². The van der Waals surface area contributed by atoms with E-state index in [2.05, 4.69) is 22.2 Å². The third-order valence-electron chi connectivity index (χ3n) is 3.29. The summed E-state index contributed by atoms with van der Waals surface area (Å²) in [4.78, 5) is 8.41. The number of pyridine rings is 1. The Hall–Kier alpha value is -2.82. The van der Waals surface area contributed by atoms with Gasteiger partial charge in [-0.25, -0.2) is 9.97 Å². The summed E-state index contributed by atoms with van der Waals surface area (Å²) in [5.41, 5.74) is 2.05. The number of rotatable bonds is 4. The van der Waals surface area contributed by atoms with E-state index in [-0.39, 0.29) is 11.8 Å². The van der Waals surface area contributed by atoms with Crippen molar-refractivity contribution >= 4 is 5.69 Å². The van der Waals surface area contributed by atoms with Crippen molar-refractivity contribution in [1.82, 2.24) is 14.5 Å². The zero-order valence-electron chi connectivity index (χ0n) is 11.6. The number of nitrogens with zero attached hydrogens (tertiary/aromatic N) is 3. The summed E-state index contributed by atoms with van der Waals surface area (Å²) in [6.07, 6.45) is 7.09. The third kappa shape index (κ3) is 3.02. The van der Waals surface area contributed by atoms with Crippen molar-refractivity contribution in [2.24, 2.45) is 0 Å². The van der Waals surface area contributed by atoms with Crippen LogP contribution in [0.4, 0.5) is 5.69 Å². The highest BCUT2D eigenvalue weighted by molar-refractivity contribution is 5.46. The Balaban J connectivity index is 1.71. The van der Waals surface area contributed by atoms with Gasteiger partial charge in [0, 0.05) is 18.4 Å². The number of phenolic OH excluding ortho intramolecular Hbond substituents is 1. The van der Waals surface area contributed by atoms with Crippen molar-refractivity contribution in [2.75, 3.05) is 5.32 Å². The van der Waals surface area contributed by atoms with Gasteiger partial charge in [0.1, 0.15) is 17.9 Å². The predicted octanol–water partition coefficient (Wildman–Crippen LogP) is 3.15. The molecule has 5 nitrogen and oxygen atoms in total. The van der Waals surface area contributed by atoms with Crippen molar-refractivity contribution in [3.05, 3.63) is 66.9 Å². The standard InChI is InChI=1S/C16H16N4O/c1-12(13-2-5-15(21)6-3-13)19-14-4-7-16(18-10-14)20-9-8-17-11-20/h2-12,19,21H,1H3. The number of anilines is 1. The molecule has 5 heteroatoms. The average Bonchev–Trinajstić information content (AvgIpc) is 3.03. The van der Waals surface area contributed by atoms with Gasteiger partial charge in [0.25, 0.3) is 0 Å². The van der Waals surface area contributed by atoms with Gasteiger partial charge in [0.15, 0.2) is 0 Å². The first-order chi connectivity index (χ1) is 10.2. The molecule has 0 radical (unpaired) electrons. The van der Waals surface area contributed by atoms with Gasteiger partial charge in [-0.3, -0.25) is 4.57 Å². The van der Waals surface area contributed by atoms with Crippen LogP contribution in [-0.2, 0) is 0 Å². The van der Waals surface area contributed by atoms with Crippen molar-refractivity contribution in [1.29, 1.82) is 0 Å². The molecule has 0 aliphatic carbocycles. The Bertz CT molecular complexity index is 690. The van der Waals surface area contributed by atoms with Crippen LogP contribution in [-0.4, -0.2) is 19.6 Å². The van der Waals surface area contributed by atoms with Gasteiger partial charge in [-0.15, -0.1) is 0 Å². The van der Waals surface area contributed by atoms with E-state index in [1.54, 1.807) is 30.9 Å². The van der Waals surface area contributed by atoms with Crippen LogP contribution in [0.2, 0.25) is 0 Å². The number of hydrogen-bond donors (Lipinski definition) is 2. The molecule has 0 aliphatic heterocycles. The van der Waals surface area contributed by atoms with E-state index in [4.69, 9.17) is 0 Å². The number of aromatic hydroxyl groups is 1. The topological polar surface area (TPSA) is 63.0 Å². The predicted molar refractivity (Wildman–Crippen MR) is 81.5 cm³/mol. The zero-order valence-corrected chi connectivity index (χ0v) is 11.6. The summed E-state index contributed by atoms with van der Waals surface area (Å²) in [6, 6.07) is 11.2. The van der Waals surface area contributed by atoms with Gasteiger partial charge < -0.3 is 10.4 Å². The highest BCUT2D eigenvalue weighted by Gasteiger charge is 2.06. The number of hydrogen-bond acceptors (Lipinski definition) is 4. The average molecular weight is 280 g/mol. The quantitative estimate of drug-likeness (QED) is 0.770. The molecule has 2 aromatic heterocycles. The van der Waals surface area contributed by atoms with Gasteiger partial charge >= 0.3 is 0 Å². The first kappa shape index (κ1) is 13.2. The van der Waals surface area contributed by atoms with Gasteiger partial charge in [-0.05, 0) is 36.8 Å². The lowest BCUT2D eigenvalue weighted by molar-refractivity contribution is 0.475. The lowest BCUT2D eigenvalue weighted by atomic mass is 10.1. The second-order valence-electron chi connectivity index (χ2n) is 4.83. The summed E-state index contributed by atoms with van der Waals surface area (Å²) >= 11 is 0. The highest BCUT2D eigenvalue weighted by Crippen LogP contribution is 2.21. The van der Waals surface area contributed by atoms with Crippen LogP contribution in [0.15, 0.2) is 61.3 Å². The van der Waals surface area contributed by atoms with E-state index < -0.39 is 0 Å². The molecule has 0 saturated carbocycles. The summed E-state index contributed by atoms with van der Waals surface area (Å²) in [6.45, 7) is 2.07. The monoisotopic (exact) mass is 280 g/mol. The Labute approximate surface area is 122 Å². The largest absolute Gasteiger partial charge is 0.508 e. The summed E-state index contributed by atoms with van der Waals surface area (Å²) in [5.74, 6) is 1.10. The molecule has 0 aliphatic rings. The van der Waals surface area contributed by atoms with Crippen LogP contribution < -0.4 is 5.32 Å². The molecule has 0 amide bonds. The van der Waals surface area contributed by atoms with E-state index in [1.165, 1.54) is 0 Å². The lowest BCUT2D eigenvalue weighted by Gasteiger charge is -2.15. The maximum atomic E-state index is 9.31. The summed E-state index contributed by atoms with van der Waals surface area (Å²) < 4.78 is 1.85. The van der Waals surface area contributed by atoms with Gasteiger partial charge in [-0.2, -0.15) is 0 Å². The Morgan fingerprint density at radius 1 is 1.14 bits per heavy atom. The minimum absolute atomic E-state index is 0.131. The fourth-order valence-corrected chi connectivity index (χ4v) is 2.12. The zero-order chi connectivity index (χ0) is 14.7. The molecule has 0 saturated heterocycles. The fourth-order valence-electron chi connectivity index (χ4n) is 2.12. The molecule has 1 aromatic carbocycles. The van der Waals surface area contributed by atoms with Gasteiger partial charge in [0.2, 0.25) is 0 Å². The Kier molecular flexibility index (Phi) is 3.55. The molecule has 2 N–H and O–H groups in total.